The van der Waals surface area contributed by atoms with E-state index in [-0.39, 0.29) is 21.4 Å². The maximum absolute atomic E-state index is 12.2. The lowest BCUT2D eigenvalue weighted by molar-refractivity contribution is 0.0789. The Balaban J connectivity index is 3.00. The number of benzene rings is 1. The minimum absolute atomic E-state index is 0.00823. The van der Waals surface area contributed by atoms with Gasteiger partial charge in [-0.05, 0) is 30.5 Å². The molecule has 112 valence electrons. The summed E-state index contributed by atoms with van der Waals surface area (Å²) in [5.41, 5.74) is 0.254. The van der Waals surface area contributed by atoms with Gasteiger partial charge in [-0.3, -0.25) is 4.79 Å². The summed E-state index contributed by atoms with van der Waals surface area (Å²) in [6.45, 7) is 4.74. The summed E-state index contributed by atoms with van der Waals surface area (Å²) >= 11 is 5.78. The Kier molecular flexibility index (Phi) is 5.56. The smallest absolute Gasteiger partial charge is 0.253 e. The summed E-state index contributed by atoms with van der Waals surface area (Å²) in [5.74, 6) is 0.225. The summed E-state index contributed by atoms with van der Waals surface area (Å²) in [6, 6.07) is 4.07. The van der Waals surface area contributed by atoms with E-state index < -0.39 is 10.0 Å². The summed E-state index contributed by atoms with van der Waals surface area (Å²) in [6.07, 6.45) is 0.873. The monoisotopic (exact) mass is 318 g/mol. The van der Waals surface area contributed by atoms with Crippen molar-refractivity contribution in [2.24, 2.45) is 11.1 Å². The van der Waals surface area contributed by atoms with E-state index in [1.165, 1.54) is 18.2 Å². The lowest BCUT2D eigenvalue weighted by Gasteiger charge is -2.18. The molecule has 1 amide bonds. The molecule has 0 saturated heterocycles. The van der Waals surface area contributed by atoms with E-state index >= 15 is 0 Å². The van der Waals surface area contributed by atoms with Crippen LogP contribution >= 0.6 is 11.6 Å². The van der Waals surface area contributed by atoms with Crippen LogP contribution in [-0.2, 0) is 10.0 Å². The van der Waals surface area contributed by atoms with Crippen LogP contribution in [0.15, 0.2) is 23.1 Å². The van der Waals surface area contributed by atoms with Gasteiger partial charge in [0.1, 0.15) is 4.90 Å². The Morgan fingerprint density at radius 1 is 1.40 bits per heavy atom. The molecule has 0 aliphatic heterocycles. The standard InChI is InChI=1S/C13H19ClN2O3S/c1-9(2)6-7-16(3)13(17)10-4-5-11(14)12(8-10)20(15,18)19/h4-5,8-9H,6-7H2,1-3H3,(H2,15,18,19). The summed E-state index contributed by atoms with van der Waals surface area (Å²) < 4.78 is 22.8. The third-order valence-corrected chi connectivity index (χ3v) is 4.27. The highest BCUT2D eigenvalue weighted by Gasteiger charge is 2.18. The van der Waals surface area contributed by atoms with Gasteiger partial charge in [0.25, 0.3) is 5.91 Å². The Bertz CT molecular complexity index is 600. The molecule has 1 rings (SSSR count). The number of halogens is 1. The SMILES string of the molecule is CC(C)CCN(C)C(=O)c1ccc(Cl)c(S(N)(=O)=O)c1. The fourth-order valence-corrected chi connectivity index (χ4v) is 2.70. The summed E-state index contributed by atoms with van der Waals surface area (Å²) in [7, 11) is -2.27. The first-order valence-electron chi connectivity index (χ1n) is 6.20. The minimum Gasteiger partial charge on any atom is -0.342 e. The second-order valence-corrected chi connectivity index (χ2v) is 7.04. The van der Waals surface area contributed by atoms with E-state index in [1.54, 1.807) is 11.9 Å². The van der Waals surface area contributed by atoms with Crippen molar-refractivity contribution in [2.75, 3.05) is 13.6 Å². The van der Waals surface area contributed by atoms with Gasteiger partial charge in [-0.15, -0.1) is 0 Å². The number of amides is 1. The third kappa shape index (κ3) is 4.47. The van der Waals surface area contributed by atoms with Gasteiger partial charge in [-0.25, -0.2) is 13.6 Å². The van der Waals surface area contributed by atoms with Gasteiger partial charge in [0.05, 0.1) is 5.02 Å². The van der Waals surface area contributed by atoms with Gasteiger partial charge < -0.3 is 4.90 Å². The number of rotatable bonds is 5. The molecule has 20 heavy (non-hydrogen) atoms. The predicted molar refractivity (Wildman–Crippen MR) is 79.2 cm³/mol. The average Bonchev–Trinajstić information content (AvgIpc) is 2.34. The second-order valence-electron chi connectivity index (χ2n) is 5.10. The molecule has 5 nitrogen and oxygen atoms in total. The second kappa shape index (κ2) is 6.56. The van der Waals surface area contributed by atoms with Crippen molar-refractivity contribution in [1.82, 2.24) is 4.90 Å². The third-order valence-electron chi connectivity index (χ3n) is 2.87. The van der Waals surface area contributed by atoms with E-state index in [0.29, 0.717) is 12.5 Å². The van der Waals surface area contributed by atoms with Crippen molar-refractivity contribution in [3.63, 3.8) is 0 Å². The molecule has 0 fully saturated rings. The molecule has 2 N–H and O–H groups in total. The van der Waals surface area contributed by atoms with Crippen LogP contribution in [0.2, 0.25) is 5.02 Å². The molecule has 0 atom stereocenters. The summed E-state index contributed by atoms with van der Waals surface area (Å²) in [5, 5.41) is 5.07. The van der Waals surface area contributed by atoms with E-state index in [2.05, 4.69) is 13.8 Å². The molecule has 1 aromatic carbocycles. The van der Waals surface area contributed by atoms with Crippen LogP contribution in [0.1, 0.15) is 30.6 Å². The molecule has 0 heterocycles. The van der Waals surface area contributed by atoms with E-state index in [0.717, 1.165) is 6.42 Å². The van der Waals surface area contributed by atoms with Crippen molar-refractivity contribution >= 4 is 27.5 Å². The fraction of sp³-hybridized carbons (Fsp3) is 0.462. The Hall–Kier alpha value is -1.11. The number of hydrogen-bond donors (Lipinski definition) is 1. The minimum atomic E-state index is -3.94. The molecular formula is C13H19ClN2O3S. The number of carbonyl (C=O) groups excluding carboxylic acids is 1. The fourth-order valence-electron chi connectivity index (χ4n) is 1.63. The van der Waals surface area contributed by atoms with Crippen LogP contribution in [0.5, 0.6) is 0 Å². The first kappa shape index (κ1) is 16.9. The van der Waals surface area contributed by atoms with Gasteiger partial charge in [-0.1, -0.05) is 25.4 Å². The van der Waals surface area contributed by atoms with Crippen molar-refractivity contribution in [1.29, 1.82) is 0 Å². The van der Waals surface area contributed by atoms with Crippen molar-refractivity contribution in [3.05, 3.63) is 28.8 Å². The lowest BCUT2D eigenvalue weighted by Crippen LogP contribution is -2.28. The number of sulfonamides is 1. The zero-order valence-corrected chi connectivity index (χ0v) is 13.3. The quantitative estimate of drug-likeness (QED) is 0.902. The highest BCUT2D eigenvalue weighted by atomic mass is 35.5. The van der Waals surface area contributed by atoms with Gasteiger partial charge in [0, 0.05) is 19.2 Å². The molecule has 0 aliphatic carbocycles. The van der Waals surface area contributed by atoms with Gasteiger partial charge in [0.2, 0.25) is 10.0 Å². The van der Waals surface area contributed by atoms with Crippen LogP contribution < -0.4 is 5.14 Å². The van der Waals surface area contributed by atoms with Crippen LogP contribution in [0.3, 0.4) is 0 Å². The molecule has 0 aromatic heterocycles. The maximum Gasteiger partial charge on any atom is 0.253 e. The first-order valence-corrected chi connectivity index (χ1v) is 8.13. The van der Waals surface area contributed by atoms with E-state index in [9.17, 15) is 13.2 Å². The van der Waals surface area contributed by atoms with E-state index in [4.69, 9.17) is 16.7 Å². The molecule has 1 aromatic rings. The molecule has 0 aliphatic rings. The largest absolute Gasteiger partial charge is 0.342 e. The number of primary sulfonamides is 1. The lowest BCUT2D eigenvalue weighted by atomic mass is 10.1. The van der Waals surface area contributed by atoms with Crippen LogP contribution in [0, 0.1) is 5.92 Å². The number of hydrogen-bond acceptors (Lipinski definition) is 3. The molecule has 0 radical (unpaired) electrons. The van der Waals surface area contributed by atoms with Crippen molar-refractivity contribution < 1.29 is 13.2 Å². The molecule has 7 heteroatoms. The molecule has 0 unspecified atom stereocenters. The van der Waals surface area contributed by atoms with Crippen molar-refractivity contribution in [2.45, 2.75) is 25.2 Å². The molecular weight excluding hydrogens is 300 g/mol. The number of nitrogens with zero attached hydrogens (tertiary/aromatic N) is 1. The van der Waals surface area contributed by atoms with E-state index in [1.807, 2.05) is 0 Å². The van der Waals surface area contributed by atoms with Gasteiger partial charge in [0.15, 0.2) is 0 Å². The molecule has 0 bridgehead atoms. The molecule has 0 spiro atoms. The Labute approximate surface area is 124 Å². The number of nitrogens with two attached hydrogens (primary N) is 1. The zero-order valence-electron chi connectivity index (χ0n) is 11.8. The molecule has 0 saturated carbocycles. The summed E-state index contributed by atoms with van der Waals surface area (Å²) in [4.78, 5) is 13.5. The maximum atomic E-state index is 12.2. The number of carbonyl (C=O) groups is 1. The van der Waals surface area contributed by atoms with Crippen molar-refractivity contribution in [3.8, 4) is 0 Å². The topological polar surface area (TPSA) is 80.5 Å². The first-order chi connectivity index (χ1) is 9.12. The van der Waals surface area contributed by atoms with Gasteiger partial charge >= 0.3 is 0 Å². The average molecular weight is 319 g/mol. The highest BCUT2D eigenvalue weighted by molar-refractivity contribution is 7.89. The van der Waals surface area contributed by atoms with Crippen LogP contribution in [0.25, 0.3) is 0 Å². The highest BCUT2D eigenvalue weighted by Crippen LogP contribution is 2.22. The predicted octanol–water partition coefficient (Wildman–Crippen LogP) is 2.11. The van der Waals surface area contributed by atoms with Gasteiger partial charge in [-0.2, -0.15) is 0 Å². The Morgan fingerprint density at radius 2 is 2.00 bits per heavy atom. The van der Waals surface area contributed by atoms with Crippen LogP contribution in [0.4, 0.5) is 0 Å². The normalized spacial score (nSPS) is 11.7. The van der Waals surface area contributed by atoms with Crippen LogP contribution in [-0.4, -0.2) is 32.8 Å². The Morgan fingerprint density at radius 3 is 2.50 bits per heavy atom. The zero-order chi connectivity index (χ0) is 15.5.